The molecule has 122 valence electrons. The highest BCUT2D eigenvalue weighted by atomic mass is 32.1. The van der Waals surface area contributed by atoms with Crippen LogP contribution < -0.4 is 10.6 Å². The largest absolute Gasteiger partial charge is 0.353 e. The van der Waals surface area contributed by atoms with Crippen LogP contribution in [0.3, 0.4) is 0 Å². The lowest BCUT2D eigenvalue weighted by molar-refractivity contribution is -0.130. The Balaban J connectivity index is 1.71. The van der Waals surface area contributed by atoms with Crippen LogP contribution >= 0.6 is 11.3 Å². The topological polar surface area (TPSA) is 79.3 Å². The number of rotatable bonds is 4. The molecule has 1 aliphatic heterocycles. The summed E-state index contributed by atoms with van der Waals surface area (Å²) in [6.07, 6.45) is 0. The number of aryl methyl sites for hydroxylation is 2. The van der Waals surface area contributed by atoms with E-state index < -0.39 is 6.04 Å². The molecule has 3 rings (SSSR count). The fourth-order valence-electron chi connectivity index (χ4n) is 2.74. The van der Waals surface area contributed by atoms with Gasteiger partial charge in [0.05, 0.1) is 12.2 Å². The van der Waals surface area contributed by atoms with Gasteiger partial charge in [-0.3, -0.25) is 19.2 Å². The fourth-order valence-corrected chi connectivity index (χ4v) is 3.59. The zero-order valence-electron chi connectivity index (χ0n) is 13.1. The Kier molecular flexibility index (Phi) is 4.44. The van der Waals surface area contributed by atoms with E-state index in [1.165, 1.54) is 11.3 Å². The Morgan fingerprint density at radius 1 is 1.57 bits per heavy atom. The van der Waals surface area contributed by atoms with Crippen molar-refractivity contribution in [1.29, 1.82) is 0 Å². The molecule has 0 aliphatic carbocycles. The van der Waals surface area contributed by atoms with Gasteiger partial charge in [0.25, 0.3) is 0 Å². The second kappa shape index (κ2) is 6.51. The first kappa shape index (κ1) is 15.7. The summed E-state index contributed by atoms with van der Waals surface area (Å²) < 4.78 is 1.63. The van der Waals surface area contributed by atoms with Crippen molar-refractivity contribution in [2.24, 2.45) is 7.05 Å². The molecule has 1 fully saturated rings. The molecular formula is C15H19N5O2S. The molecule has 0 spiro atoms. The predicted molar refractivity (Wildman–Crippen MR) is 88.2 cm³/mol. The molecule has 7 nitrogen and oxygen atoms in total. The molecule has 2 amide bonds. The van der Waals surface area contributed by atoms with Gasteiger partial charge in [-0.25, -0.2) is 0 Å². The summed E-state index contributed by atoms with van der Waals surface area (Å²) >= 11 is 1.53. The van der Waals surface area contributed by atoms with Gasteiger partial charge in [-0.1, -0.05) is 6.07 Å². The molecule has 1 atom stereocenters. The molecule has 2 aromatic heterocycles. The van der Waals surface area contributed by atoms with Gasteiger partial charge in [-0.05, 0) is 18.4 Å². The van der Waals surface area contributed by atoms with E-state index in [4.69, 9.17) is 0 Å². The number of hydrogen-bond donors (Lipinski definition) is 2. The predicted octanol–water partition coefficient (Wildman–Crippen LogP) is 0.902. The molecule has 1 aliphatic rings. The lowest BCUT2D eigenvalue weighted by Gasteiger charge is -2.33. The van der Waals surface area contributed by atoms with Crippen LogP contribution in [-0.4, -0.2) is 46.1 Å². The minimum atomic E-state index is -0.400. The highest BCUT2D eigenvalue weighted by Crippen LogP contribution is 2.26. The number of amides is 2. The Hall–Kier alpha value is -2.19. The van der Waals surface area contributed by atoms with E-state index in [1.54, 1.807) is 11.7 Å². The third kappa shape index (κ3) is 3.43. The van der Waals surface area contributed by atoms with Gasteiger partial charge < -0.3 is 10.6 Å². The van der Waals surface area contributed by atoms with Crippen LogP contribution in [0.4, 0.5) is 5.82 Å². The number of hydrogen-bond acceptors (Lipinski definition) is 5. The minimum Gasteiger partial charge on any atom is -0.353 e. The number of nitrogens with one attached hydrogen (secondary N) is 2. The Bertz CT molecular complexity index is 710. The third-order valence-corrected chi connectivity index (χ3v) is 4.67. The van der Waals surface area contributed by atoms with Crippen molar-refractivity contribution >= 4 is 29.0 Å². The maximum Gasteiger partial charge on any atom is 0.242 e. The molecule has 0 aromatic carbocycles. The van der Waals surface area contributed by atoms with Crippen molar-refractivity contribution in [1.82, 2.24) is 20.0 Å². The van der Waals surface area contributed by atoms with Gasteiger partial charge in [0, 0.05) is 31.1 Å². The van der Waals surface area contributed by atoms with Crippen LogP contribution in [0.15, 0.2) is 23.6 Å². The SMILES string of the molecule is Cc1cc(NC(=O)CN2CCNC(=O)[C@@H]2c2cccs2)n(C)n1. The highest BCUT2D eigenvalue weighted by Gasteiger charge is 2.33. The monoisotopic (exact) mass is 333 g/mol. The van der Waals surface area contributed by atoms with E-state index >= 15 is 0 Å². The second-order valence-corrected chi connectivity index (χ2v) is 6.50. The Morgan fingerprint density at radius 2 is 2.39 bits per heavy atom. The van der Waals surface area contributed by atoms with Gasteiger partial charge in [0.2, 0.25) is 11.8 Å². The maximum atomic E-state index is 12.3. The Morgan fingerprint density at radius 3 is 3.04 bits per heavy atom. The van der Waals surface area contributed by atoms with Gasteiger partial charge in [-0.15, -0.1) is 11.3 Å². The summed E-state index contributed by atoms with van der Waals surface area (Å²) in [5.74, 6) is 0.453. The Labute approximate surface area is 138 Å². The van der Waals surface area contributed by atoms with Crippen LogP contribution in [0, 0.1) is 6.92 Å². The van der Waals surface area contributed by atoms with Crippen molar-refractivity contribution in [2.75, 3.05) is 25.0 Å². The summed E-state index contributed by atoms with van der Waals surface area (Å²) in [5.41, 5.74) is 0.844. The average molecular weight is 333 g/mol. The molecule has 2 aromatic rings. The summed E-state index contributed by atoms with van der Waals surface area (Å²) in [6, 6.07) is 5.26. The number of aromatic nitrogens is 2. The van der Waals surface area contributed by atoms with Crippen LogP contribution in [0.2, 0.25) is 0 Å². The highest BCUT2D eigenvalue weighted by molar-refractivity contribution is 7.10. The molecule has 0 unspecified atom stereocenters. The molecule has 1 saturated heterocycles. The van der Waals surface area contributed by atoms with Crippen LogP contribution in [0.5, 0.6) is 0 Å². The molecular weight excluding hydrogens is 314 g/mol. The molecule has 0 radical (unpaired) electrons. The van der Waals surface area contributed by atoms with Gasteiger partial charge >= 0.3 is 0 Å². The van der Waals surface area contributed by atoms with Crippen molar-refractivity contribution in [3.8, 4) is 0 Å². The van der Waals surface area contributed by atoms with E-state index in [9.17, 15) is 9.59 Å². The molecule has 0 saturated carbocycles. The second-order valence-electron chi connectivity index (χ2n) is 5.52. The summed E-state index contributed by atoms with van der Waals surface area (Å²) in [4.78, 5) is 27.4. The van der Waals surface area contributed by atoms with E-state index in [2.05, 4.69) is 15.7 Å². The molecule has 8 heteroatoms. The minimum absolute atomic E-state index is 0.0529. The van der Waals surface area contributed by atoms with Crippen LogP contribution in [-0.2, 0) is 16.6 Å². The zero-order valence-corrected chi connectivity index (χ0v) is 13.9. The number of anilines is 1. The quantitative estimate of drug-likeness (QED) is 0.871. The van der Waals surface area contributed by atoms with Gasteiger partial charge in [-0.2, -0.15) is 5.10 Å². The first-order chi connectivity index (χ1) is 11.0. The first-order valence-electron chi connectivity index (χ1n) is 7.40. The molecule has 0 bridgehead atoms. The van der Waals surface area contributed by atoms with E-state index in [0.29, 0.717) is 18.9 Å². The van der Waals surface area contributed by atoms with Crippen molar-refractivity contribution in [3.05, 3.63) is 34.2 Å². The molecule has 23 heavy (non-hydrogen) atoms. The van der Waals surface area contributed by atoms with E-state index in [0.717, 1.165) is 10.6 Å². The lowest BCUT2D eigenvalue weighted by atomic mass is 10.1. The van der Waals surface area contributed by atoms with Crippen molar-refractivity contribution in [2.45, 2.75) is 13.0 Å². The zero-order chi connectivity index (χ0) is 16.4. The van der Waals surface area contributed by atoms with Gasteiger partial charge in [0.1, 0.15) is 11.9 Å². The van der Waals surface area contributed by atoms with Gasteiger partial charge in [0.15, 0.2) is 0 Å². The average Bonchev–Trinajstić information content (AvgIpc) is 3.09. The third-order valence-electron chi connectivity index (χ3n) is 3.74. The summed E-state index contributed by atoms with van der Waals surface area (Å²) in [5, 5.41) is 11.9. The maximum absolute atomic E-state index is 12.3. The summed E-state index contributed by atoms with van der Waals surface area (Å²) in [6.45, 7) is 3.24. The van der Waals surface area contributed by atoms with E-state index in [-0.39, 0.29) is 18.4 Å². The normalized spacial score (nSPS) is 18.7. The summed E-state index contributed by atoms with van der Waals surface area (Å²) in [7, 11) is 1.78. The van der Waals surface area contributed by atoms with E-state index in [1.807, 2.05) is 35.4 Å². The number of piperazine rings is 1. The standard InChI is InChI=1S/C15H19N5O2S/c1-10-8-12(19(2)18-10)17-13(21)9-20-6-5-16-15(22)14(20)11-4-3-7-23-11/h3-4,7-8,14H,5-6,9H2,1-2H3,(H,16,22)(H,17,21)/t14-/m0/s1. The van der Waals surface area contributed by atoms with Crippen molar-refractivity contribution < 1.29 is 9.59 Å². The van der Waals surface area contributed by atoms with Crippen LogP contribution in [0.1, 0.15) is 16.6 Å². The first-order valence-corrected chi connectivity index (χ1v) is 8.28. The molecule has 3 heterocycles. The number of thiophene rings is 1. The van der Waals surface area contributed by atoms with Crippen LogP contribution in [0.25, 0.3) is 0 Å². The number of carbonyl (C=O) groups excluding carboxylic acids is 2. The van der Waals surface area contributed by atoms with Crippen molar-refractivity contribution in [3.63, 3.8) is 0 Å². The lowest BCUT2D eigenvalue weighted by Crippen LogP contribution is -2.51. The fraction of sp³-hybridized carbons (Fsp3) is 0.400. The smallest absolute Gasteiger partial charge is 0.242 e. The number of carbonyl (C=O) groups is 2. The number of nitrogens with zero attached hydrogens (tertiary/aromatic N) is 3. The molecule has 2 N–H and O–H groups in total.